The van der Waals surface area contributed by atoms with E-state index in [4.69, 9.17) is 0 Å². The summed E-state index contributed by atoms with van der Waals surface area (Å²) in [6, 6.07) is 19.1. The van der Waals surface area contributed by atoms with Crippen LogP contribution in [-0.4, -0.2) is 0 Å². The molecule has 0 aliphatic heterocycles. The first kappa shape index (κ1) is 11.9. The fraction of sp³-hybridized carbons (Fsp3) is 0.176. The molecule has 0 spiro atoms. The van der Waals surface area contributed by atoms with Crippen LogP contribution < -0.4 is 0 Å². The molecule has 1 unspecified atom stereocenters. The maximum absolute atomic E-state index is 4.22. The van der Waals surface area contributed by atoms with E-state index in [0.717, 1.165) is 6.42 Å². The van der Waals surface area contributed by atoms with Gasteiger partial charge in [-0.25, -0.2) is 0 Å². The zero-order valence-electron chi connectivity index (χ0n) is 10.3. The quantitative estimate of drug-likeness (QED) is 0.711. The number of benzene rings is 2. The molecule has 2 radical (unpaired) electrons. The van der Waals surface area contributed by atoms with Gasteiger partial charge in [0, 0.05) is 0 Å². The Morgan fingerprint density at radius 2 is 1.65 bits per heavy atom. The van der Waals surface area contributed by atoms with Crippen LogP contribution in [0.1, 0.15) is 29.0 Å². The third kappa shape index (κ3) is 3.45. The third-order valence-corrected chi connectivity index (χ3v) is 2.99. The average Bonchev–Trinajstić information content (AvgIpc) is 2.38. The molecule has 0 heterocycles. The van der Waals surface area contributed by atoms with E-state index in [1.54, 1.807) is 0 Å². The van der Waals surface area contributed by atoms with Gasteiger partial charge in [0.1, 0.15) is 0 Å². The second-order valence-electron chi connectivity index (χ2n) is 4.46. The maximum atomic E-state index is 4.22. The van der Waals surface area contributed by atoms with Crippen LogP contribution in [0.5, 0.6) is 0 Å². The van der Waals surface area contributed by atoms with Gasteiger partial charge in [-0.1, -0.05) is 60.2 Å². The largest absolute Gasteiger partial charge is 0.0622 e. The highest BCUT2D eigenvalue weighted by Crippen LogP contribution is 2.22. The summed E-state index contributed by atoms with van der Waals surface area (Å²) < 4.78 is 0. The van der Waals surface area contributed by atoms with E-state index in [9.17, 15) is 0 Å². The topological polar surface area (TPSA) is 0 Å². The monoisotopic (exact) mass is 222 g/mol. The Morgan fingerprint density at radius 1 is 1.00 bits per heavy atom. The van der Waals surface area contributed by atoms with Gasteiger partial charge >= 0.3 is 0 Å². The molecule has 0 N–H and O–H groups in total. The van der Waals surface area contributed by atoms with E-state index >= 15 is 0 Å². The Balaban J connectivity index is 1.93. The van der Waals surface area contributed by atoms with Gasteiger partial charge in [-0.05, 0) is 43.7 Å². The van der Waals surface area contributed by atoms with Crippen LogP contribution in [-0.2, 0) is 0 Å². The molecule has 1 atom stereocenters. The summed E-state index contributed by atoms with van der Waals surface area (Å²) in [6.07, 6.45) is 3.23. The lowest BCUT2D eigenvalue weighted by Crippen LogP contribution is -1.95. The Kier molecular flexibility index (Phi) is 3.98. The number of hydrogen-bond acceptors (Lipinski definition) is 0. The number of hydrogen-bond donors (Lipinski definition) is 0. The fourth-order valence-electron chi connectivity index (χ4n) is 1.84. The molecule has 2 aromatic carbocycles. The highest BCUT2D eigenvalue weighted by atomic mass is 14.1. The molecule has 0 heteroatoms. The molecule has 0 nitrogen and oxygen atoms in total. The van der Waals surface area contributed by atoms with Crippen molar-refractivity contribution in [2.75, 3.05) is 0 Å². The summed E-state index contributed by atoms with van der Waals surface area (Å²) in [4.78, 5) is 0. The van der Waals surface area contributed by atoms with E-state index in [0.29, 0.717) is 5.92 Å². The van der Waals surface area contributed by atoms with Crippen molar-refractivity contribution in [3.05, 3.63) is 84.6 Å². The van der Waals surface area contributed by atoms with Crippen LogP contribution in [0, 0.1) is 20.3 Å². The van der Waals surface area contributed by atoms with Crippen LogP contribution >= 0.6 is 0 Å². The smallest absolute Gasteiger partial charge is 0.00871 e. The van der Waals surface area contributed by atoms with E-state index in [1.165, 1.54) is 16.7 Å². The molecule has 0 amide bonds. The second-order valence-corrected chi connectivity index (χ2v) is 4.46. The SMILES string of the molecule is [CH2]C(C[CH]c1ccccc1)c1ccc(C)cc1. The van der Waals surface area contributed by atoms with Crippen molar-refractivity contribution in [1.29, 1.82) is 0 Å². The lowest BCUT2D eigenvalue weighted by Gasteiger charge is -2.11. The molecule has 0 aliphatic rings. The Labute approximate surface area is 104 Å². The molecule has 0 fully saturated rings. The van der Waals surface area contributed by atoms with Gasteiger partial charge in [0.2, 0.25) is 0 Å². The normalized spacial score (nSPS) is 12.4. The van der Waals surface area contributed by atoms with Crippen LogP contribution in [0.3, 0.4) is 0 Å². The van der Waals surface area contributed by atoms with Gasteiger partial charge in [0.15, 0.2) is 0 Å². The molecule has 86 valence electrons. The van der Waals surface area contributed by atoms with Gasteiger partial charge in [0.05, 0.1) is 0 Å². The summed E-state index contributed by atoms with van der Waals surface area (Å²) in [6.45, 7) is 6.33. The zero-order valence-corrected chi connectivity index (χ0v) is 10.3. The molecule has 2 rings (SSSR count). The van der Waals surface area contributed by atoms with Crippen LogP contribution in [0.2, 0.25) is 0 Å². The molecular weight excluding hydrogens is 204 g/mol. The predicted octanol–water partition coefficient (Wildman–Crippen LogP) is 4.56. The van der Waals surface area contributed by atoms with Crippen molar-refractivity contribution >= 4 is 0 Å². The fourth-order valence-corrected chi connectivity index (χ4v) is 1.84. The first-order valence-corrected chi connectivity index (χ1v) is 6.03. The van der Waals surface area contributed by atoms with Crippen molar-refractivity contribution in [2.24, 2.45) is 0 Å². The molecule has 17 heavy (non-hydrogen) atoms. The van der Waals surface area contributed by atoms with E-state index < -0.39 is 0 Å². The Hall–Kier alpha value is -1.56. The molecule has 2 aromatic rings. The summed E-state index contributed by atoms with van der Waals surface area (Å²) in [5, 5.41) is 0. The maximum Gasteiger partial charge on any atom is -0.00871 e. The Morgan fingerprint density at radius 3 is 2.29 bits per heavy atom. The van der Waals surface area contributed by atoms with E-state index in [-0.39, 0.29) is 0 Å². The second kappa shape index (κ2) is 5.67. The van der Waals surface area contributed by atoms with E-state index in [1.807, 2.05) is 6.07 Å². The molecule has 0 aromatic heterocycles. The first-order valence-electron chi connectivity index (χ1n) is 6.03. The van der Waals surface area contributed by atoms with Crippen molar-refractivity contribution < 1.29 is 0 Å². The highest BCUT2D eigenvalue weighted by Gasteiger charge is 2.05. The highest BCUT2D eigenvalue weighted by molar-refractivity contribution is 5.28. The minimum Gasteiger partial charge on any atom is -0.0622 e. The summed E-state index contributed by atoms with van der Waals surface area (Å²) in [7, 11) is 0. The molecule has 0 bridgehead atoms. The van der Waals surface area contributed by atoms with Crippen molar-refractivity contribution in [3.63, 3.8) is 0 Å². The van der Waals surface area contributed by atoms with Gasteiger partial charge in [-0.15, -0.1) is 0 Å². The standard InChI is InChI=1S/C17H18/c1-14-8-12-17(13-9-14)15(2)10-11-16-6-4-3-5-7-16/h3-9,11-13,15H,2,10H2,1H3. The van der Waals surface area contributed by atoms with Crippen molar-refractivity contribution in [3.8, 4) is 0 Å². The van der Waals surface area contributed by atoms with Gasteiger partial charge in [-0.3, -0.25) is 0 Å². The average molecular weight is 222 g/mol. The summed E-state index contributed by atoms with van der Waals surface area (Å²) >= 11 is 0. The lowest BCUT2D eigenvalue weighted by molar-refractivity contribution is 0.826. The Bertz CT molecular complexity index is 439. The lowest BCUT2D eigenvalue weighted by atomic mass is 9.93. The van der Waals surface area contributed by atoms with Crippen LogP contribution in [0.15, 0.2) is 54.6 Å². The molecule has 0 saturated carbocycles. The predicted molar refractivity (Wildman–Crippen MR) is 73.7 cm³/mol. The van der Waals surface area contributed by atoms with Gasteiger partial charge in [-0.2, -0.15) is 0 Å². The summed E-state index contributed by atoms with van der Waals surface area (Å²) in [5.41, 5.74) is 3.88. The minimum absolute atomic E-state index is 0.329. The van der Waals surface area contributed by atoms with Crippen LogP contribution in [0.25, 0.3) is 0 Å². The number of rotatable bonds is 4. The zero-order chi connectivity index (χ0) is 12.1. The number of aryl methyl sites for hydroxylation is 1. The van der Waals surface area contributed by atoms with Gasteiger partial charge in [0.25, 0.3) is 0 Å². The van der Waals surface area contributed by atoms with Crippen molar-refractivity contribution in [2.45, 2.75) is 19.3 Å². The molecule has 0 aliphatic carbocycles. The summed E-state index contributed by atoms with van der Waals surface area (Å²) in [5.74, 6) is 0.329. The van der Waals surface area contributed by atoms with E-state index in [2.05, 4.69) is 68.8 Å². The van der Waals surface area contributed by atoms with Crippen LogP contribution in [0.4, 0.5) is 0 Å². The molecule has 0 saturated heterocycles. The molecular formula is C17H18. The van der Waals surface area contributed by atoms with Crippen molar-refractivity contribution in [1.82, 2.24) is 0 Å². The minimum atomic E-state index is 0.329. The van der Waals surface area contributed by atoms with Gasteiger partial charge < -0.3 is 0 Å². The first-order chi connectivity index (χ1) is 8.25. The third-order valence-electron chi connectivity index (χ3n) is 2.99.